The van der Waals surface area contributed by atoms with Crippen molar-refractivity contribution >= 4 is 17.5 Å². The van der Waals surface area contributed by atoms with Gasteiger partial charge in [0.1, 0.15) is 5.82 Å². The first-order valence-electron chi connectivity index (χ1n) is 5.53. The first-order chi connectivity index (χ1) is 7.93. The van der Waals surface area contributed by atoms with E-state index < -0.39 is 6.03 Å². The van der Waals surface area contributed by atoms with Crippen molar-refractivity contribution in [2.24, 2.45) is 12.8 Å². The summed E-state index contributed by atoms with van der Waals surface area (Å²) >= 11 is 0. The van der Waals surface area contributed by atoms with E-state index in [9.17, 15) is 4.79 Å². The summed E-state index contributed by atoms with van der Waals surface area (Å²) < 4.78 is 1.70. The summed E-state index contributed by atoms with van der Waals surface area (Å²) in [6.07, 6.45) is 0. The number of aromatic nitrogens is 2. The van der Waals surface area contributed by atoms with Crippen LogP contribution in [0.5, 0.6) is 0 Å². The number of nitrogens with one attached hydrogen (secondary N) is 2. The standard InChI is InChI=1S/C10H20N6O/c1-6(2)8-7(11)9(16(3)15-8)13-4-5-14-10(12)17/h6,13H,4-5,11H2,1-3H3,(H3,12,14,17). The summed E-state index contributed by atoms with van der Waals surface area (Å²) in [5, 5.41) is 9.95. The third-order valence-corrected chi connectivity index (χ3v) is 2.38. The van der Waals surface area contributed by atoms with E-state index in [0.717, 1.165) is 11.5 Å². The van der Waals surface area contributed by atoms with Crippen LogP contribution in [-0.4, -0.2) is 28.9 Å². The highest BCUT2D eigenvalue weighted by Gasteiger charge is 2.15. The van der Waals surface area contributed by atoms with Crippen LogP contribution in [0.3, 0.4) is 0 Å². The highest BCUT2D eigenvalue weighted by atomic mass is 16.2. The van der Waals surface area contributed by atoms with Crippen molar-refractivity contribution in [1.82, 2.24) is 15.1 Å². The lowest BCUT2D eigenvalue weighted by Gasteiger charge is -2.08. The van der Waals surface area contributed by atoms with Crippen molar-refractivity contribution in [1.29, 1.82) is 0 Å². The molecular formula is C10H20N6O. The van der Waals surface area contributed by atoms with E-state index in [-0.39, 0.29) is 5.92 Å². The minimum atomic E-state index is -0.535. The Morgan fingerprint density at radius 3 is 2.59 bits per heavy atom. The normalized spacial score (nSPS) is 10.6. The van der Waals surface area contributed by atoms with Crippen molar-refractivity contribution in [2.45, 2.75) is 19.8 Å². The van der Waals surface area contributed by atoms with Gasteiger partial charge in [0, 0.05) is 20.1 Å². The molecule has 1 aromatic rings. The van der Waals surface area contributed by atoms with Crippen molar-refractivity contribution < 1.29 is 4.79 Å². The van der Waals surface area contributed by atoms with E-state index in [2.05, 4.69) is 15.7 Å². The Hall–Kier alpha value is -1.92. The quantitative estimate of drug-likeness (QED) is 0.551. The van der Waals surface area contributed by atoms with Crippen LogP contribution in [0.4, 0.5) is 16.3 Å². The molecule has 7 heteroatoms. The van der Waals surface area contributed by atoms with Crippen molar-refractivity contribution in [3.8, 4) is 0 Å². The first kappa shape index (κ1) is 13.1. The number of aryl methyl sites for hydroxylation is 1. The summed E-state index contributed by atoms with van der Waals surface area (Å²) in [5.74, 6) is 1.04. The number of carbonyl (C=O) groups is 1. The lowest BCUT2D eigenvalue weighted by atomic mass is 10.1. The monoisotopic (exact) mass is 240 g/mol. The van der Waals surface area contributed by atoms with Gasteiger partial charge in [0.2, 0.25) is 0 Å². The Labute approximate surface area is 101 Å². The fourth-order valence-corrected chi connectivity index (χ4v) is 1.56. The minimum absolute atomic E-state index is 0.278. The Bertz CT molecular complexity index is 398. The van der Waals surface area contributed by atoms with Gasteiger partial charge in [-0.2, -0.15) is 5.10 Å². The second kappa shape index (κ2) is 5.42. The van der Waals surface area contributed by atoms with Gasteiger partial charge in [-0.15, -0.1) is 0 Å². The molecule has 0 atom stereocenters. The van der Waals surface area contributed by atoms with Crippen LogP contribution >= 0.6 is 0 Å². The molecule has 0 saturated heterocycles. The fraction of sp³-hybridized carbons (Fsp3) is 0.600. The zero-order valence-electron chi connectivity index (χ0n) is 10.4. The topological polar surface area (TPSA) is 111 Å². The number of nitrogen functional groups attached to an aromatic ring is 1. The maximum Gasteiger partial charge on any atom is 0.312 e. The largest absolute Gasteiger partial charge is 0.394 e. The first-order valence-corrected chi connectivity index (χ1v) is 5.53. The van der Waals surface area contributed by atoms with Gasteiger partial charge in [0.05, 0.1) is 11.4 Å². The van der Waals surface area contributed by atoms with Crippen LogP contribution in [0.15, 0.2) is 0 Å². The van der Waals surface area contributed by atoms with Crippen LogP contribution in [-0.2, 0) is 7.05 Å². The molecule has 1 aromatic heterocycles. The number of urea groups is 1. The number of amides is 2. The van der Waals surface area contributed by atoms with E-state index in [1.807, 2.05) is 20.9 Å². The molecule has 0 fully saturated rings. The van der Waals surface area contributed by atoms with Gasteiger partial charge < -0.3 is 22.1 Å². The zero-order chi connectivity index (χ0) is 13.0. The summed E-state index contributed by atoms with van der Waals surface area (Å²) in [4.78, 5) is 10.5. The van der Waals surface area contributed by atoms with Crippen LogP contribution < -0.4 is 22.1 Å². The van der Waals surface area contributed by atoms with Crippen LogP contribution in [0.25, 0.3) is 0 Å². The molecule has 0 aliphatic rings. The molecule has 0 radical (unpaired) electrons. The maximum absolute atomic E-state index is 10.5. The number of carbonyl (C=O) groups excluding carboxylic acids is 1. The number of hydrogen-bond acceptors (Lipinski definition) is 4. The predicted molar refractivity (Wildman–Crippen MR) is 67.8 cm³/mol. The summed E-state index contributed by atoms with van der Waals surface area (Å²) in [6, 6.07) is -0.535. The number of anilines is 2. The maximum atomic E-state index is 10.5. The molecule has 0 saturated carbocycles. The van der Waals surface area contributed by atoms with Gasteiger partial charge in [-0.1, -0.05) is 13.8 Å². The van der Waals surface area contributed by atoms with Gasteiger partial charge in [0.15, 0.2) is 0 Å². The molecule has 0 aromatic carbocycles. The third-order valence-electron chi connectivity index (χ3n) is 2.38. The van der Waals surface area contributed by atoms with Gasteiger partial charge in [-0.05, 0) is 5.92 Å². The van der Waals surface area contributed by atoms with Crippen LogP contribution in [0, 0.1) is 0 Å². The second-order valence-electron chi connectivity index (χ2n) is 4.14. The van der Waals surface area contributed by atoms with Crippen molar-refractivity contribution in [3.63, 3.8) is 0 Å². The Morgan fingerprint density at radius 1 is 1.47 bits per heavy atom. The number of nitrogens with two attached hydrogens (primary N) is 2. The molecule has 96 valence electrons. The van der Waals surface area contributed by atoms with E-state index in [4.69, 9.17) is 11.5 Å². The molecule has 2 amide bonds. The smallest absolute Gasteiger partial charge is 0.312 e. The highest BCUT2D eigenvalue weighted by Crippen LogP contribution is 2.27. The molecule has 0 spiro atoms. The number of hydrogen-bond donors (Lipinski definition) is 4. The molecule has 0 unspecified atom stereocenters. The minimum Gasteiger partial charge on any atom is -0.394 e. The molecule has 1 rings (SSSR count). The second-order valence-corrected chi connectivity index (χ2v) is 4.14. The van der Waals surface area contributed by atoms with Gasteiger partial charge in [-0.3, -0.25) is 4.68 Å². The van der Waals surface area contributed by atoms with E-state index in [1.165, 1.54) is 0 Å². The lowest BCUT2D eigenvalue weighted by Crippen LogP contribution is -2.33. The van der Waals surface area contributed by atoms with Crippen molar-refractivity contribution in [2.75, 3.05) is 24.1 Å². The van der Waals surface area contributed by atoms with Crippen molar-refractivity contribution in [3.05, 3.63) is 5.69 Å². The average Bonchev–Trinajstić information content (AvgIpc) is 2.50. The highest BCUT2D eigenvalue weighted by molar-refractivity contribution is 5.71. The molecule has 0 bridgehead atoms. The van der Waals surface area contributed by atoms with E-state index in [0.29, 0.717) is 18.8 Å². The number of rotatable bonds is 5. The van der Waals surface area contributed by atoms with Crippen LogP contribution in [0.2, 0.25) is 0 Å². The Balaban J connectivity index is 2.62. The predicted octanol–water partition coefficient (Wildman–Crippen LogP) is 0.206. The molecule has 17 heavy (non-hydrogen) atoms. The average molecular weight is 240 g/mol. The summed E-state index contributed by atoms with van der Waals surface area (Å²) in [5.41, 5.74) is 12.5. The molecule has 6 N–H and O–H groups in total. The van der Waals surface area contributed by atoms with E-state index >= 15 is 0 Å². The Kier molecular flexibility index (Phi) is 4.19. The number of primary amides is 1. The molecule has 0 aliphatic heterocycles. The molecule has 7 nitrogen and oxygen atoms in total. The fourth-order valence-electron chi connectivity index (χ4n) is 1.56. The number of nitrogens with zero attached hydrogens (tertiary/aromatic N) is 2. The van der Waals surface area contributed by atoms with Gasteiger partial charge in [-0.25, -0.2) is 4.79 Å². The zero-order valence-corrected chi connectivity index (χ0v) is 10.4. The Morgan fingerprint density at radius 2 is 2.12 bits per heavy atom. The molecular weight excluding hydrogens is 220 g/mol. The summed E-state index contributed by atoms with van der Waals surface area (Å²) in [7, 11) is 1.83. The van der Waals surface area contributed by atoms with Crippen LogP contribution in [0.1, 0.15) is 25.5 Å². The SMILES string of the molecule is CC(C)c1nn(C)c(NCCNC(N)=O)c1N. The molecule has 1 heterocycles. The summed E-state index contributed by atoms with van der Waals surface area (Å²) in [6.45, 7) is 5.06. The van der Waals surface area contributed by atoms with Gasteiger partial charge >= 0.3 is 6.03 Å². The lowest BCUT2D eigenvalue weighted by molar-refractivity contribution is 0.249. The molecule has 0 aliphatic carbocycles. The van der Waals surface area contributed by atoms with E-state index in [1.54, 1.807) is 4.68 Å². The third kappa shape index (κ3) is 3.27. The van der Waals surface area contributed by atoms with Gasteiger partial charge in [0.25, 0.3) is 0 Å².